The second-order valence-electron chi connectivity index (χ2n) is 5.01. The number of hydrogen-bond acceptors (Lipinski definition) is 1. The number of hydrogen-bond donors (Lipinski definition) is 0. The molecule has 3 rings (SSSR count). The van der Waals surface area contributed by atoms with Gasteiger partial charge in [0.1, 0.15) is 0 Å². The van der Waals surface area contributed by atoms with Crippen molar-refractivity contribution in [2.75, 3.05) is 0 Å². The Balaban J connectivity index is 2.20. The molecule has 0 aliphatic heterocycles. The fraction of sp³-hybridized carbons (Fsp3) is 0.105. The third-order valence-electron chi connectivity index (χ3n) is 3.55. The number of rotatable bonds is 4. The van der Waals surface area contributed by atoms with E-state index in [1.807, 2.05) is 37.5 Å². The molecular formula is C19H17BrN2. The van der Waals surface area contributed by atoms with Crippen LogP contribution in [0, 0.1) is 0 Å². The molecule has 22 heavy (non-hydrogen) atoms. The lowest BCUT2D eigenvalue weighted by molar-refractivity contribution is 0.827. The normalized spacial score (nSPS) is 11.2. The molecule has 1 heterocycles. The Hall–Kier alpha value is -2.13. The Labute approximate surface area is 139 Å². The summed E-state index contributed by atoms with van der Waals surface area (Å²) in [7, 11) is 0. The maximum atomic E-state index is 4.67. The highest BCUT2D eigenvalue weighted by molar-refractivity contribution is 9.10. The van der Waals surface area contributed by atoms with Crippen LogP contribution in [0.1, 0.15) is 6.92 Å². The van der Waals surface area contributed by atoms with Crippen LogP contribution in [-0.4, -0.2) is 9.55 Å². The molecule has 0 amide bonds. The van der Waals surface area contributed by atoms with E-state index in [4.69, 9.17) is 0 Å². The molecule has 0 spiro atoms. The van der Waals surface area contributed by atoms with Gasteiger partial charge >= 0.3 is 0 Å². The van der Waals surface area contributed by atoms with Crippen LogP contribution in [-0.2, 0) is 6.54 Å². The van der Waals surface area contributed by atoms with E-state index in [1.54, 1.807) is 0 Å². The topological polar surface area (TPSA) is 17.8 Å². The minimum Gasteiger partial charge on any atom is -0.326 e. The standard InChI is InChI=1S/C19H17BrN2/c1-2-3-13-22-14-21-18(15-9-5-4-6-10-15)19(22)16-11-7-8-12-17(16)20/h2-12,14H,13H2,1H3/b3-2+. The second kappa shape index (κ2) is 6.75. The van der Waals surface area contributed by atoms with Crippen molar-refractivity contribution in [2.24, 2.45) is 0 Å². The molecule has 0 unspecified atom stereocenters. The molecule has 0 saturated heterocycles. The SMILES string of the molecule is C/C=C/Cn1cnc(-c2ccccc2)c1-c1ccccc1Br. The minimum atomic E-state index is 0.813. The van der Waals surface area contributed by atoms with E-state index in [-0.39, 0.29) is 0 Å². The molecule has 0 fully saturated rings. The van der Waals surface area contributed by atoms with Crippen molar-refractivity contribution in [2.45, 2.75) is 13.5 Å². The third-order valence-corrected chi connectivity index (χ3v) is 4.24. The van der Waals surface area contributed by atoms with Crippen LogP contribution in [0.2, 0.25) is 0 Å². The van der Waals surface area contributed by atoms with Gasteiger partial charge in [0.15, 0.2) is 0 Å². The van der Waals surface area contributed by atoms with Gasteiger partial charge < -0.3 is 4.57 Å². The number of nitrogens with zero attached hydrogens (tertiary/aromatic N) is 2. The zero-order chi connectivity index (χ0) is 15.4. The summed E-state index contributed by atoms with van der Waals surface area (Å²) in [4.78, 5) is 4.67. The quantitative estimate of drug-likeness (QED) is 0.562. The van der Waals surface area contributed by atoms with Gasteiger partial charge in [-0.25, -0.2) is 4.98 Å². The number of halogens is 1. The summed E-state index contributed by atoms with van der Waals surface area (Å²) in [6.45, 7) is 2.85. The van der Waals surface area contributed by atoms with E-state index in [2.05, 4.69) is 68.0 Å². The molecule has 3 aromatic rings. The van der Waals surface area contributed by atoms with Crippen molar-refractivity contribution >= 4 is 15.9 Å². The first-order valence-electron chi connectivity index (χ1n) is 7.28. The van der Waals surface area contributed by atoms with Crippen LogP contribution in [0.15, 0.2) is 77.5 Å². The molecule has 0 N–H and O–H groups in total. The first-order valence-corrected chi connectivity index (χ1v) is 8.07. The summed E-state index contributed by atoms with van der Waals surface area (Å²) in [5.41, 5.74) is 4.43. The second-order valence-corrected chi connectivity index (χ2v) is 5.86. The van der Waals surface area contributed by atoms with E-state index in [0.717, 1.165) is 33.5 Å². The first kappa shape index (κ1) is 14.8. The van der Waals surface area contributed by atoms with E-state index in [9.17, 15) is 0 Å². The van der Waals surface area contributed by atoms with Crippen molar-refractivity contribution in [3.8, 4) is 22.5 Å². The molecule has 2 aromatic carbocycles. The van der Waals surface area contributed by atoms with E-state index in [0.29, 0.717) is 0 Å². The first-order chi connectivity index (χ1) is 10.8. The minimum absolute atomic E-state index is 0.813. The van der Waals surface area contributed by atoms with Gasteiger partial charge in [0.25, 0.3) is 0 Å². The van der Waals surface area contributed by atoms with Gasteiger partial charge in [-0.2, -0.15) is 0 Å². The molecule has 1 aromatic heterocycles. The molecule has 0 saturated carbocycles. The van der Waals surface area contributed by atoms with E-state index >= 15 is 0 Å². The lowest BCUT2D eigenvalue weighted by Gasteiger charge is -2.11. The van der Waals surface area contributed by atoms with Crippen molar-refractivity contribution < 1.29 is 0 Å². The number of imidazole rings is 1. The molecule has 0 aliphatic rings. The zero-order valence-electron chi connectivity index (χ0n) is 12.4. The lowest BCUT2D eigenvalue weighted by Crippen LogP contribution is -1.97. The molecular weight excluding hydrogens is 336 g/mol. The summed E-state index contributed by atoms with van der Waals surface area (Å²) < 4.78 is 3.26. The Morgan fingerprint density at radius 2 is 1.77 bits per heavy atom. The zero-order valence-corrected chi connectivity index (χ0v) is 14.0. The summed E-state index contributed by atoms with van der Waals surface area (Å²) >= 11 is 3.67. The Morgan fingerprint density at radius 3 is 2.50 bits per heavy atom. The summed E-state index contributed by atoms with van der Waals surface area (Å²) in [6, 6.07) is 18.6. The number of allylic oxidation sites excluding steroid dienone is 2. The van der Waals surface area contributed by atoms with Crippen molar-refractivity contribution in [1.82, 2.24) is 9.55 Å². The highest BCUT2D eigenvalue weighted by Crippen LogP contribution is 2.35. The number of aromatic nitrogens is 2. The summed E-state index contributed by atoms with van der Waals surface area (Å²) in [5, 5.41) is 0. The summed E-state index contributed by atoms with van der Waals surface area (Å²) in [5.74, 6) is 0. The fourth-order valence-electron chi connectivity index (χ4n) is 2.48. The Kier molecular flexibility index (Phi) is 4.54. The van der Waals surface area contributed by atoms with Gasteiger partial charge in [-0.05, 0) is 13.0 Å². The predicted molar refractivity (Wildman–Crippen MR) is 95.6 cm³/mol. The van der Waals surface area contributed by atoms with Gasteiger partial charge in [-0.3, -0.25) is 0 Å². The third kappa shape index (κ3) is 2.90. The Bertz CT molecular complexity index is 788. The van der Waals surface area contributed by atoms with Gasteiger partial charge in [0.2, 0.25) is 0 Å². The lowest BCUT2D eigenvalue weighted by atomic mass is 10.0. The van der Waals surface area contributed by atoms with Gasteiger partial charge in [0.05, 0.1) is 17.7 Å². The maximum absolute atomic E-state index is 4.67. The van der Waals surface area contributed by atoms with Crippen molar-refractivity contribution in [3.63, 3.8) is 0 Å². The van der Waals surface area contributed by atoms with E-state index < -0.39 is 0 Å². The van der Waals surface area contributed by atoms with Crippen LogP contribution in [0.3, 0.4) is 0 Å². The largest absolute Gasteiger partial charge is 0.326 e. The number of benzene rings is 2. The molecule has 0 bridgehead atoms. The highest BCUT2D eigenvalue weighted by atomic mass is 79.9. The molecule has 0 aliphatic carbocycles. The van der Waals surface area contributed by atoms with Gasteiger partial charge in [0, 0.05) is 22.1 Å². The van der Waals surface area contributed by atoms with Gasteiger partial charge in [-0.15, -0.1) is 0 Å². The molecule has 110 valence electrons. The average molecular weight is 353 g/mol. The predicted octanol–water partition coefficient (Wildman–Crippen LogP) is 5.56. The van der Waals surface area contributed by atoms with Crippen LogP contribution in [0.4, 0.5) is 0 Å². The fourth-order valence-corrected chi connectivity index (χ4v) is 2.96. The van der Waals surface area contributed by atoms with Crippen LogP contribution < -0.4 is 0 Å². The highest BCUT2D eigenvalue weighted by Gasteiger charge is 2.16. The Morgan fingerprint density at radius 1 is 1.05 bits per heavy atom. The molecule has 0 radical (unpaired) electrons. The van der Waals surface area contributed by atoms with Gasteiger partial charge in [-0.1, -0.05) is 76.6 Å². The molecule has 3 heteroatoms. The van der Waals surface area contributed by atoms with Crippen LogP contribution in [0.5, 0.6) is 0 Å². The molecule has 2 nitrogen and oxygen atoms in total. The van der Waals surface area contributed by atoms with Crippen LogP contribution >= 0.6 is 15.9 Å². The molecule has 0 atom stereocenters. The van der Waals surface area contributed by atoms with Crippen molar-refractivity contribution in [3.05, 3.63) is 77.5 Å². The van der Waals surface area contributed by atoms with E-state index in [1.165, 1.54) is 0 Å². The maximum Gasteiger partial charge on any atom is 0.0963 e. The average Bonchev–Trinajstić information content (AvgIpc) is 2.98. The smallest absolute Gasteiger partial charge is 0.0963 e. The monoisotopic (exact) mass is 352 g/mol. The summed E-state index contributed by atoms with van der Waals surface area (Å²) in [6.07, 6.45) is 6.11. The van der Waals surface area contributed by atoms with Crippen molar-refractivity contribution in [1.29, 1.82) is 0 Å². The van der Waals surface area contributed by atoms with Crippen LogP contribution in [0.25, 0.3) is 22.5 Å².